The van der Waals surface area contributed by atoms with Gasteiger partial charge < -0.3 is 15.7 Å². The fraction of sp³-hybridized carbons (Fsp3) is 0.600. The molecule has 1 aliphatic carbocycles. The maximum Gasteiger partial charge on any atom is 0.355 e. The maximum atomic E-state index is 11.8. The molecule has 1 heterocycles. The molecule has 7 nitrogen and oxygen atoms in total. The number of hydrogen-bond donors (Lipinski definition) is 3. The summed E-state index contributed by atoms with van der Waals surface area (Å²) in [6, 6.07) is 0. The highest BCUT2D eigenvalue weighted by Crippen LogP contribution is 2.25. The summed E-state index contributed by atoms with van der Waals surface area (Å²) in [4.78, 5) is 38.1. The van der Waals surface area contributed by atoms with Crippen LogP contribution in [0.15, 0.2) is 5.38 Å². The molecular formula is C15H21N3O4S. The van der Waals surface area contributed by atoms with Crippen LogP contribution in [0.25, 0.3) is 0 Å². The van der Waals surface area contributed by atoms with E-state index in [-0.39, 0.29) is 30.6 Å². The minimum Gasteiger partial charge on any atom is -0.476 e. The van der Waals surface area contributed by atoms with Crippen LogP contribution in [0, 0.1) is 5.92 Å². The highest BCUT2D eigenvalue weighted by atomic mass is 32.1. The van der Waals surface area contributed by atoms with Crippen LogP contribution in [-0.2, 0) is 16.1 Å². The molecule has 1 aliphatic rings. The molecule has 126 valence electrons. The smallest absolute Gasteiger partial charge is 0.355 e. The molecule has 1 aromatic heterocycles. The van der Waals surface area contributed by atoms with Gasteiger partial charge in [0.1, 0.15) is 5.01 Å². The van der Waals surface area contributed by atoms with Gasteiger partial charge in [-0.05, 0) is 18.8 Å². The molecule has 0 aromatic carbocycles. The first-order chi connectivity index (χ1) is 11.0. The van der Waals surface area contributed by atoms with Crippen LogP contribution in [0.5, 0.6) is 0 Å². The second kappa shape index (κ2) is 8.61. The van der Waals surface area contributed by atoms with E-state index in [0.717, 1.165) is 12.8 Å². The van der Waals surface area contributed by atoms with Crippen molar-refractivity contribution in [2.24, 2.45) is 5.92 Å². The standard InChI is InChI=1S/C15H21N3O4S/c19-12(6-10-4-2-1-3-5-10)16-7-13(20)17-8-14-18-11(9-23-14)15(21)22/h9-10H,1-8H2,(H,16,19)(H,17,20)(H,21,22). The van der Waals surface area contributed by atoms with Crippen LogP contribution in [0.4, 0.5) is 0 Å². The number of hydrogen-bond acceptors (Lipinski definition) is 5. The van der Waals surface area contributed by atoms with Crippen molar-refractivity contribution in [1.29, 1.82) is 0 Å². The molecule has 1 saturated carbocycles. The van der Waals surface area contributed by atoms with Gasteiger partial charge in [0, 0.05) is 11.8 Å². The van der Waals surface area contributed by atoms with E-state index in [1.54, 1.807) is 0 Å². The van der Waals surface area contributed by atoms with Gasteiger partial charge in [-0.3, -0.25) is 9.59 Å². The van der Waals surface area contributed by atoms with E-state index in [0.29, 0.717) is 17.3 Å². The van der Waals surface area contributed by atoms with Crippen LogP contribution in [-0.4, -0.2) is 34.4 Å². The van der Waals surface area contributed by atoms with Crippen molar-refractivity contribution in [2.45, 2.75) is 45.1 Å². The van der Waals surface area contributed by atoms with Crippen LogP contribution in [0.3, 0.4) is 0 Å². The number of nitrogens with one attached hydrogen (secondary N) is 2. The summed E-state index contributed by atoms with van der Waals surface area (Å²) in [6.07, 6.45) is 6.29. The summed E-state index contributed by atoms with van der Waals surface area (Å²) in [5.74, 6) is -1.05. The lowest BCUT2D eigenvalue weighted by Gasteiger charge is -2.20. The van der Waals surface area contributed by atoms with E-state index in [2.05, 4.69) is 15.6 Å². The Morgan fingerprint density at radius 1 is 1.17 bits per heavy atom. The number of carboxylic acids is 1. The Morgan fingerprint density at radius 2 is 1.91 bits per heavy atom. The fourth-order valence-electron chi connectivity index (χ4n) is 2.63. The second-order valence-corrected chi connectivity index (χ2v) is 6.64. The van der Waals surface area contributed by atoms with Crippen LogP contribution >= 0.6 is 11.3 Å². The van der Waals surface area contributed by atoms with E-state index in [1.165, 1.54) is 36.0 Å². The molecule has 23 heavy (non-hydrogen) atoms. The lowest BCUT2D eigenvalue weighted by molar-refractivity contribution is -0.126. The van der Waals surface area contributed by atoms with Gasteiger partial charge in [-0.1, -0.05) is 19.3 Å². The Balaban J connectivity index is 1.64. The number of amides is 2. The van der Waals surface area contributed by atoms with Gasteiger partial charge in [0.05, 0.1) is 13.1 Å². The number of carbonyl (C=O) groups is 3. The molecule has 1 fully saturated rings. The number of rotatable bonds is 7. The Labute approximate surface area is 138 Å². The normalized spacial score (nSPS) is 15.1. The molecule has 3 N–H and O–H groups in total. The molecule has 2 rings (SSSR count). The third kappa shape index (κ3) is 5.97. The van der Waals surface area contributed by atoms with Crippen molar-refractivity contribution in [3.8, 4) is 0 Å². The number of carbonyl (C=O) groups excluding carboxylic acids is 2. The number of nitrogens with zero attached hydrogens (tertiary/aromatic N) is 1. The first-order valence-corrected chi connectivity index (χ1v) is 8.63. The summed E-state index contributed by atoms with van der Waals surface area (Å²) in [5.41, 5.74) is -0.0277. The fourth-order valence-corrected chi connectivity index (χ4v) is 3.34. The molecule has 0 aliphatic heterocycles. The topological polar surface area (TPSA) is 108 Å². The van der Waals surface area contributed by atoms with Crippen molar-refractivity contribution < 1.29 is 19.5 Å². The molecule has 0 radical (unpaired) electrons. The zero-order chi connectivity index (χ0) is 16.7. The van der Waals surface area contributed by atoms with E-state index in [9.17, 15) is 14.4 Å². The zero-order valence-corrected chi connectivity index (χ0v) is 13.7. The molecule has 0 spiro atoms. The predicted molar refractivity (Wildman–Crippen MR) is 85.1 cm³/mol. The van der Waals surface area contributed by atoms with Gasteiger partial charge in [-0.2, -0.15) is 0 Å². The van der Waals surface area contributed by atoms with Crippen LogP contribution in [0.2, 0.25) is 0 Å². The van der Waals surface area contributed by atoms with E-state index in [1.807, 2.05) is 0 Å². The number of aromatic nitrogens is 1. The highest BCUT2D eigenvalue weighted by Gasteiger charge is 2.17. The molecule has 0 atom stereocenters. The van der Waals surface area contributed by atoms with Crippen molar-refractivity contribution in [3.05, 3.63) is 16.1 Å². The third-order valence-electron chi connectivity index (χ3n) is 3.85. The van der Waals surface area contributed by atoms with Gasteiger partial charge in [-0.25, -0.2) is 9.78 Å². The average Bonchev–Trinajstić information content (AvgIpc) is 3.01. The van der Waals surface area contributed by atoms with Gasteiger partial charge in [-0.15, -0.1) is 11.3 Å². The summed E-state index contributed by atoms with van der Waals surface area (Å²) in [5, 5.41) is 15.9. The van der Waals surface area contributed by atoms with Crippen molar-refractivity contribution in [3.63, 3.8) is 0 Å². The molecular weight excluding hydrogens is 318 g/mol. The first-order valence-electron chi connectivity index (χ1n) is 7.75. The van der Waals surface area contributed by atoms with Crippen LogP contribution in [0.1, 0.15) is 54.0 Å². The minimum atomic E-state index is -1.09. The van der Waals surface area contributed by atoms with E-state index < -0.39 is 5.97 Å². The minimum absolute atomic E-state index is 0.0277. The molecule has 0 bridgehead atoms. The zero-order valence-electron chi connectivity index (χ0n) is 12.8. The molecule has 0 saturated heterocycles. The highest BCUT2D eigenvalue weighted by molar-refractivity contribution is 7.09. The predicted octanol–water partition coefficient (Wildman–Crippen LogP) is 1.54. The molecule has 2 amide bonds. The number of carboxylic acid groups (broad SMARTS) is 1. The Kier molecular flexibility index (Phi) is 6.52. The monoisotopic (exact) mass is 339 g/mol. The van der Waals surface area contributed by atoms with Gasteiger partial charge >= 0.3 is 5.97 Å². The van der Waals surface area contributed by atoms with Crippen LogP contribution < -0.4 is 10.6 Å². The van der Waals surface area contributed by atoms with E-state index in [4.69, 9.17) is 5.11 Å². The molecule has 1 aromatic rings. The quantitative estimate of drug-likeness (QED) is 0.698. The lowest BCUT2D eigenvalue weighted by Crippen LogP contribution is -2.37. The van der Waals surface area contributed by atoms with Crippen molar-refractivity contribution in [2.75, 3.05) is 6.54 Å². The van der Waals surface area contributed by atoms with Gasteiger partial charge in [0.2, 0.25) is 11.8 Å². The summed E-state index contributed by atoms with van der Waals surface area (Å²) in [6.45, 7) is 0.0952. The SMILES string of the molecule is O=C(CNC(=O)CC1CCCCC1)NCc1nc(C(=O)O)cs1. The van der Waals surface area contributed by atoms with E-state index >= 15 is 0 Å². The Hall–Kier alpha value is -1.96. The number of aromatic carboxylic acids is 1. The Bertz CT molecular complexity index is 567. The maximum absolute atomic E-state index is 11.8. The first kappa shape index (κ1) is 17.4. The summed E-state index contributed by atoms with van der Waals surface area (Å²) in [7, 11) is 0. The second-order valence-electron chi connectivity index (χ2n) is 5.69. The average molecular weight is 339 g/mol. The number of thiazole rings is 1. The Morgan fingerprint density at radius 3 is 2.57 bits per heavy atom. The van der Waals surface area contributed by atoms with Gasteiger partial charge in [0.15, 0.2) is 5.69 Å². The van der Waals surface area contributed by atoms with Crippen molar-refractivity contribution in [1.82, 2.24) is 15.6 Å². The summed E-state index contributed by atoms with van der Waals surface area (Å²) >= 11 is 1.17. The van der Waals surface area contributed by atoms with Gasteiger partial charge in [0.25, 0.3) is 0 Å². The lowest BCUT2D eigenvalue weighted by atomic mass is 9.87. The largest absolute Gasteiger partial charge is 0.476 e. The third-order valence-corrected chi connectivity index (χ3v) is 4.70. The molecule has 8 heteroatoms. The molecule has 0 unspecified atom stereocenters. The summed E-state index contributed by atoms with van der Waals surface area (Å²) < 4.78 is 0. The van der Waals surface area contributed by atoms with Crippen molar-refractivity contribution >= 4 is 29.1 Å².